The number of ether oxygens (including phenoxy) is 2. The van der Waals surface area contributed by atoms with E-state index in [0.29, 0.717) is 17.7 Å². The predicted octanol–water partition coefficient (Wildman–Crippen LogP) is 2.31. The standard InChI is InChI=1S/C13H20N2O2/c1-9-6-7-12(14)13(15-9)17-11-5-3-4-10(8-11)16-2/h6-7,10-11H,3-5,8,14H2,1-2H3. The Morgan fingerprint density at radius 2 is 2.06 bits per heavy atom. The molecule has 0 saturated heterocycles. The first-order valence-corrected chi connectivity index (χ1v) is 6.11. The Morgan fingerprint density at radius 1 is 1.29 bits per heavy atom. The summed E-state index contributed by atoms with van der Waals surface area (Å²) in [5, 5.41) is 0. The highest BCUT2D eigenvalue weighted by atomic mass is 16.5. The van der Waals surface area contributed by atoms with Gasteiger partial charge in [0.2, 0.25) is 5.88 Å². The minimum absolute atomic E-state index is 0.172. The highest BCUT2D eigenvalue weighted by Gasteiger charge is 2.23. The highest BCUT2D eigenvalue weighted by Crippen LogP contribution is 2.27. The van der Waals surface area contributed by atoms with Crippen molar-refractivity contribution in [3.8, 4) is 5.88 Å². The number of nitrogens with two attached hydrogens (primary N) is 1. The van der Waals surface area contributed by atoms with Crippen molar-refractivity contribution < 1.29 is 9.47 Å². The molecule has 1 aliphatic carbocycles. The summed E-state index contributed by atoms with van der Waals surface area (Å²) in [5.74, 6) is 0.562. The molecule has 2 atom stereocenters. The van der Waals surface area contributed by atoms with Gasteiger partial charge in [0.15, 0.2) is 0 Å². The molecule has 1 heterocycles. The lowest BCUT2D eigenvalue weighted by Crippen LogP contribution is -2.30. The van der Waals surface area contributed by atoms with Crippen LogP contribution in [-0.4, -0.2) is 24.3 Å². The van der Waals surface area contributed by atoms with Crippen molar-refractivity contribution in [3.63, 3.8) is 0 Å². The molecule has 17 heavy (non-hydrogen) atoms. The Hall–Kier alpha value is -1.29. The van der Waals surface area contributed by atoms with E-state index in [0.717, 1.165) is 31.4 Å². The van der Waals surface area contributed by atoms with Crippen LogP contribution in [0.4, 0.5) is 5.69 Å². The number of nitrogens with zero attached hydrogens (tertiary/aromatic N) is 1. The molecule has 2 rings (SSSR count). The zero-order valence-corrected chi connectivity index (χ0v) is 10.5. The number of aromatic nitrogens is 1. The fourth-order valence-electron chi connectivity index (χ4n) is 2.22. The number of hydrogen-bond donors (Lipinski definition) is 1. The third-order valence-electron chi connectivity index (χ3n) is 3.22. The van der Waals surface area contributed by atoms with E-state index in [2.05, 4.69) is 4.98 Å². The highest BCUT2D eigenvalue weighted by molar-refractivity contribution is 5.48. The van der Waals surface area contributed by atoms with Gasteiger partial charge in [0.25, 0.3) is 0 Å². The summed E-state index contributed by atoms with van der Waals surface area (Å²) in [6, 6.07) is 3.73. The molecule has 0 radical (unpaired) electrons. The quantitative estimate of drug-likeness (QED) is 0.875. The van der Waals surface area contributed by atoms with Crippen LogP contribution in [0.5, 0.6) is 5.88 Å². The lowest BCUT2D eigenvalue weighted by Gasteiger charge is -2.28. The normalized spacial score (nSPS) is 24.6. The molecule has 94 valence electrons. The van der Waals surface area contributed by atoms with Gasteiger partial charge in [0.05, 0.1) is 11.8 Å². The summed E-state index contributed by atoms with van der Waals surface area (Å²) >= 11 is 0. The number of hydrogen-bond acceptors (Lipinski definition) is 4. The van der Waals surface area contributed by atoms with Gasteiger partial charge in [-0.15, -0.1) is 0 Å². The van der Waals surface area contributed by atoms with Crippen LogP contribution in [0.1, 0.15) is 31.4 Å². The van der Waals surface area contributed by atoms with Crippen LogP contribution >= 0.6 is 0 Å². The average Bonchev–Trinajstić information content (AvgIpc) is 2.34. The second-order valence-electron chi connectivity index (χ2n) is 4.61. The maximum absolute atomic E-state index is 5.88. The first-order chi connectivity index (χ1) is 8.19. The van der Waals surface area contributed by atoms with Crippen molar-refractivity contribution in [2.24, 2.45) is 0 Å². The minimum Gasteiger partial charge on any atom is -0.473 e. The molecular formula is C13H20N2O2. The monoisotopic (exact) mass is 236 g/mol. The second-order valence-corrected chi connectivity index (χ2v) is 4.61. The topological polar surface area (TPSA) is 57.4 Å². The molecule has 4 heteroatoms. The average molecular weight is 236 g/mol. The predicted molar refractivity (Wildman–Crippen MR) is 67.1 cm³/mol. The van der Waals surface area contributed by atoms with Crippen molar-refractivity contribution in [2.45, 2.75) is 44.8 Å². The van der Waals surface area contributed by atoms with Crippen LogP contribution in [0, 0.1) is 6.92 Å². The number of rotatable bonds is 3. The summed E-state index contributed by atoms with van der Waals surface area (Å²) in [4.78, 5) is 4.33. The summed E-state index contributed by atoms with van der Waals surface area (Å²) in [5.41, 5.74) is 7.39. The van der Waals surface area contributed by atoms with Crippen molar-refractivity contribution in [2.75, 3.05) is 12.8 Å². The van der Waals surface area contributed by atoms with E-state index < -0.39 is 0 Å². The van der Waals surface area contributed by atoms with Crippen molar-refractivity contribution in [1.29, 1.82) is 0 Å². The van der Waals surface area contributed by atoms with E-state index >= 15 is 0 Å². The molecule has 1 aromatic heterocycles. The van der Waals surface area contributed by atoms with Crippen LogP contribution in [0.2, 0.25) is 0 Å². The Morgan fingerprint density at radius 3 is 2.82 bits per heavy atom. The lowest BCUT2D eigenvalue weighted by molar-refractivity contribution is 0.0197. The number of anilines is 1. The van der Waals surface area contributed by atoms with Crippen LogP contribution in [0.25, 0.3) is 0 Å². The van der Waals surface area contributed by atoms with Gasteiger partial charge >= 0.3 is 0 Å². The smallest absolute Gasteiger partial charge is 0.237 e. The molecule has 0 aromatic carbocycles. The Bertz CT molecular complexity index is 382. The van der Waals surface area contributed by atoms with E-state index in [9.17, 15) is 0 Å². The van der Waals surface area contributed by atoms with E-state index in [1.54, 1.807) is 7.11 Å². The second kappa shape index (κ2) is 5.36. The van der Waals surface area contributed by atoms with Crippen LogP contribution in [-0.2, 0) is 4.74 Å². The van der Waals surface area contributed by atoms with Crippen LogP contribution < -0.4 is 10.5 Å². The van der Waals surface area contributed by atoms with Gasteiger partial charge in [0.1, 0.15) is 6.10 Å². The van der Waals surface area contributed by atoms with Gasteiger partial charge in [-0.1, -0.05) is 0 Å². The molecule has 2 N–H and O–H groups in total. The first kappa shape index (κ1) is 12.2. The number of methoxy groups -OCH3 is 1. The molecule has 0 aliphatic heterocycles. The van der Waals surface area contributed by atoms with E-state index in [1.165, 1.54) is 0 Å². The molecule has 0 spiro atoms. The molecule has 0 amide bonds. The van der Waals surface area contributed by atoms with Crippen molar-refractivity contribution in [1.82, 2.24) is 4.98 Å². The molecule has 1 saturated carbocycles. The van der Waals surface area contributed by atoms with Gasteiger partial charge < -0.3 is 15.2 Å². The van der Waals surface area contributed by atoms with Gasteiger partial charge in [-0.2, -0.15) is 0 Å². The Labute approximate surface area is 102 Å². The molecule has 2 unspecified atom stereocenters. The maximum Gasteiger partial charge on any atom is 0.237 e. The van der Waals surface area contributed by atoms with Crippen molar-refractivity contribution in [3.05, 3.63) is 17.8 Å². The lowest BCUT2D eigenvalue weighted by atomic mass is 9.95. The Balaban J connectivity index is 2.02. The fourth-order valence-corrected chi connectivity index (χ4v) is 2.22. The van der Waals surface area contributed by atoms with E-state index in [-0.39, 0.29) is 6.10 Å². The zero-order valence-electron chi connectivity index (χ0n) is 10.5. The molecule has 1 aromatic rings. The zero-order chi connectivity index (χ0) is 12.3. The molecular weight excluding hydrogens is 216 g/mol. The molecule has 1 aliphatic rings. The number of nitrogen functional groups attached to an aromatic ring is 1. The Kier molecular flexibility index (Phi) is 3.84. The third kappa shape index (κ3) is 3.09. The largest absolute Gasteiger partial charge is 0.473 e. The van der Waals surface area contributed by atoms with Gasteiger partial charge in [0, 0.05) is 19.2 Å². The molecule has 1 fully saturated rings. The SMILES string of the molecule is COC1CCCC(Oc2nc(C)ccc2N)C1. The maximum atomic E-state index is 5.88. The fraction of sp³-hybridized carbons (Fsp3) is 0.615. The van der Waals surface area contributed by atoms with Gasteiger partial charge in [-0.3, -0.25) is 0 Å². The summed E-state index contributed by atoms with van der Waals surface area (Å²) in [6.45, 7) is 1.94. The summed E-state index contributed by atoms with van der Waals surface area (Å²) in [7, 11) is 1.76. The van der Waals surface area contributed by atoms with E-state index in [4.69, 9.17) is 15.2 Å². The van der Waals surface area contributed by atoms with Gasteiger partial charge in [-0.05, 0) is 38.3 Å². The first-order valence-electron chi connectivity index (χ1n) is 6.11. The van der Waals surface area contributed by atoms with Crippen LogP contribution in [0.3, 0.4) is 0 Å². The van der Waals surface area contributed by atoms with E-state index in [1.807, 2.05) is 19.1 Å². The van der Waals surface area contributed by atoms with Crippen molar-refractivity contribution >= 4 is 5.69 Å². The summed E-state index contributed by atoms with van der Waals surface area (Å²) in [6.07, 6.45) is 4.70. The summed E-state index contributed by atoms with van der Waals surface area (Å²) < 4.78 is 11.3. The van der Waals surface area contributed by atoms with Crippen LogP contribution in [0.15, 0.2) is 12.1 Å². The minimum atomic E-state index is 0.172. The van der Waals surface area contributed by atoms with Gasteiger partial charge in [-0.25, -0.2) is 4.98 Å². The molecule has 4 nitrogen and oxygen atoms in total. The number of pyridine rings is 1. The number of aryl methyl sites for hydroxylation is 1. The molecule has 0 bridgehead atoms. The third-order valence-corrected chi connectivity index (χ3v) is 3.22.